The second-order valence-corrected chi connectivity index (χ2v) is 7.10. The number of halogens is 3. The van der Waals surface area contributed by atoms with Crippen LogP contribution in [0.5, 0.6) is 0 Å². The van der Waals surface area contributed by atoms with Gasteiger partial charge in [0.15, 0.2) is 0 Å². The standard InChI is InChI=1S/C20H20F3N3O4/c1-11(2)17(19(28)29-3)25-16(27)7-14-9-26-8-13(12-4-5-30-10-12)6-15(18(26)24-14)20(21,22)23/h4-6,8-11,17H,7H2,1-3H3,(H,25,27). The van der Waals surface area contributed by atoms with Gasteiger partial charge in [0.1, 0.15) is 11.7 Å². The van der Waals surface area contributed by atoms with Gasteiger partial charge >= 0.3 is 12.1 Å². The number of alkyl halides is 3. The van der Waals surface area contributed by atoms with Gasteiger partial charge in [-0.05, 0) is 18.1 Å². The van der Waals surface area contributed by atoms with E-state index in [1.807, 2.05) is 0 Å². The van der Waals surface area contributed by atoms with Gasteiger partial charge in [-0.3, -0.25) is 4.79 Å². The van der Waals surface area contributed by atoms with Crippen LogP contribution in [0, 0.1) is 5.92 Å². The minimum Gasteiger partial charge on any atom is -0.472 e. The lowest BCUT2D eigenvalue weighted by Crippen LogP contribution is -2.45. The molecule has 0 saturated carbocycles. The predicted octanol–water partition coefficient (Wildman–Crippen LogP) is 3.47. The summed E-state index contributed by atoms with van der Waals surface area (Å²) >= 11 is 0. The van der Waals surface area contributed by atoms with Crippen molar-refractivity contribution in [3.8, 4) is 11.1 Å². The molecule has 3 heterocycles. The minimum absolute atomic E-state index is 0.134. The van der Waals surface area contributed by atoms with Gasteiger partial charge in [-0.15, -0.1) is 0 Å². The molecule has 1 unspecified atom stereocenters. The van der Waals surface area contributed by atoms with Crippen LogP contribution in [0.2, 0.25) is 0 Å². The van der Waals surface area contributed by atoms with Crippen molar-refractivity contribution in [2.75, 3.05) is 7.11 Å². The number of rotatable bonds is 6. The average molecular weight is 423 g/mol. The first kappa shape index (κ1) is 21.4. The van der Waals surface area contributed by atoms with Gasteiger partial charge in [-0.1, -0.05) is 13.8 Å². The second-order valence-electron chi connectivity index (χ2n) is 7.10. The Labute approximate surface area is 169 Å². The molecule has 0 aromatic carbocycles. The summed E-state index contributed by atoms with van der Waals surface area (Å²) in [6.07, 6.45) is 0.611. The van der Waals surface area contributed by atoms with E-state index >= 15 is 0 Å². The van der Waals surface area contributed by atoms with Crippen molar-refractivity contribution in [2.24, 2.45) is 5.92 Å². The van der Waals surface area contributed by atoms with Gasteiger partial charge in [0.25, 0.3) is 0 Å². The summed E-state index contributed by atoms with van der Waals surface area (Å²) in [6.45, 7) is 3.47. The van der Waals surface area contributed by atoms with Crippen LogP contribution in [0.25, 0.3) is 16.8 Å². The number of pyridine rings is 1. The number of furan rings is 1. The number of esters is 1. The Morgan fingerprint density at radius 3 is 2.57 bits per heavy atom. The summed E-state index contributed by atoms with van der Waals surface area (Å²) in [5.41, 5.74) is -0.334. The Morgan fingerprint density at radius 2 is 2.00 bits per heavy atom. The van der Waals surface area contributed by atoms with Gasteiger partial charge < -0.3 is 18.9 Å². The number of fused-ring (bicyclic) bond motifs is 1. The summed E-state index contributed by atoms with van der Waals surface area (Å²) in [5, 5.41) is 2.54. The fraction of sp³-hybridized carbons (Fsp3) is 0.350. The molecule has 0 aliphatic carbocycles. The summed E-state index contributed by atoms with van der Waals surface area (Å²) in [6, 6.07) is 1.67. The summed E-state index contributed by atoms with van der Waals surface area (Å²) in [7, 11) is 1.21. The Morgan fingerprint density at radius 1 is 1.27 bits per heavy atom. The van der Waals surface area contributed by atoms with Crippen LogP contribution in [0.3, 0.4) is 0 Å². The number of aromatic nitrogens is 2. The highest BCUT2D eigenvalue weighted by Crippen LogP contribution is 2.35. The molecule has 3 rings (SSSR count). The maximum absolute atomic E-state index is 13.6. The number of nitrogens with zero attached hydrogens (tertiary/aromatic N) is 2. The molecular formula is C20H20F3N3O4. The van der Waals surface area contributed by atoms with E-state index < -0.39 is 29.7 Å². The molecule has 0 fully saturated rings. The molecule has 0 bridgehead atoms. The van der Waals surface area contributed by atoms with Crippen molar-refractivity contribution in [3.05, 3.63) is 48.3 Å². The van der Waals surface area contributed by atoms with Crippen molar-refractivity contribution < 1.29 is 31.9 Å². The zero-order chi connectivity index (χ0) is 22.1. The maximum Gasteiger partial charge on any atom is 0.420 e. The van der Waals surface area contributed by atoms with Gasteiger partial charge in [0.05, 0.1) is 37.3 Å². The molecule has 0 saturated heterocycles. The van der Waals surface area contributed by atoms with Crippen LogP contribution in [0.4, 0.5) is 13.2 Å². The van der Waals surface area contributed by atoms with Crippen LogP contribution in [-0.2, 0) is 26.9 Å². The molecule has 30 heavy (non-hydrogen) atoms. The first-order valence-electron chi connectivity index (χ1n) is 9.08. The Balaban J connectivity index is 1.92. The lowest BCUT2D eigenvalue weighted by Gasteiger charge is -2.19. The number of imidazole rings is 1. The van der Waals surface area contributed by atoms with Crippen molar-refractivity contribution in [1.82, 2.24) is 14.7 Å². The first-order chi connectivity index (χ1) is 14.1. The molecule has 3 aromatic heterocycles. The molecule has 0 aliphatic rings. The van der Waals surface area contributed by atoms with Crippen LogP contribution < -0.4 is 5.32 Å². The highest BCUT2D eigenvalue weighted by Gasteiger charge is 2.35. The monoisotopic (exact) mass is 423 g/mol. The number of carbonyl (C=O) groups is 2. The molecule has 0 spiro atoms. The molecule has 10 heteroatoms. The quantitative estimate of drug-likeness (QED) is 0.614. The van der Waals surface area contributed by atoms with Crippen LogP contribution in [-0.4, -0.2) is 34.4 Å². The third-order valence-corrected chi connectivity index (χ3v) is 4.54. The van der Waals surface area contributed by atoms with E-state index in [1.54, 1.807) is 19.9 Å². The molecular weight excluding hydrogens is 403 g/mol. The maximum atomic E-state index is 13.6. The first-order valence-corrected chi connectivity index (χ1v) is 9.08. The third kappa shape index (κ3) is 4.47. The number of nitrogens with one attached hydrogen (secondary N) is 1. The Hall–Kier alpha value is -3.30. The molecule has 0 radical (unpaired) electrons. The van der Waals surface area contributed by atoms with Crippen LogP contribution in [0.1, 0.15) is 25.1 Å². The van der Waals surface area contributed by atoms with Crippen molar-refractivity contribution >= 4 is 17.5 Å². The van der Waals surface area contributed by atoms with Gasteiger partial charge in [0.2, 0.25) is 5.91 Å². The van der Waals surface area contributed by atoms with Crippen molar-refractivity contribution in [2.45, 2.75) is 32.5 Å². The van der Waals surface area contributed by atoms with Crippen molar-refractivity contribution in [1.29, 1.82) is 0 Å². The number of amides is 1. The van der Waals surface area contributed by atoms with E-state index in [1.165, 1.54) is 36.4 Å². The summed E-state index contributed by atoms with van der Waals surface area (Å²) in [5.74, 6) is -1.37. The van der Waals surface area contributed by atoms with E-state index in [2.05, 4.69) is 15.0 Å². The molecule has 1 atom stereocenters. The van der Waals surface area contributed by atoms with E-state index in [4.69, 9.17) is 4.42 Å². The smallest absolute Gasteiger partial charge is 0.420 e. The van der Waals surface area contributed by atoms with Crippen LogP contribution >= 0.6 is 0 Å². The fourth-order valence-corrected chi connectivity index (χ4v) is 3.04. The normalized spacial score (nSPS) is 12.9. The number of carbonyl (C=O) groups excluding carboxylic acids is 2. The Bertz CT molecular complexity index is 1060. The van der Waals surface area contributed by atoms with E-state index in [9.17, 15) is 22.8 Å². The summed E-state index contributed by atoms with van der Waals surface area (Å²) in [4.78, 5) is 28.2. The number of ether oxygens (including phenoxy) is 1. The third-order valence-electron chi connectivity index (χ3n) is 4.54. The summed E-state index contributed by atoms with van der Waals surface area (Å²) < 4.78 is 51.6. The molecule has 7 nitrogen and oxygen atoms in total. The van der Waals surface area contributed by atoms with Gasteiger partial charge in [-0.2, -0.15) is 13.2 Å². The molecule has 3 aromatic rings. The number of hydrogen-bond donors (Lipinski definition) is 1. The van der Waals surface area contributed by atoms with E-state index in [-0.39, 0.29) is 23.7 Å². The highest BCUT2D eigenvalue weighted by atomic mass is 19.4. The van der Waals surface area contributed by atoms with E-state index in [0.29, 0.717) is 11.1 Å². The van der Waals surface area contributed by atoms with Gasteiger partial charge in [0, 0.05) is 23.5 Å². The number of hydrogen-bond acceptors (Lipinski definition) is 5. The number of methoxy groups -OCH3 is 1. The molecule has 1 amide bonds. The van der Waals surface area contributed by atoms with E-state index in [0.717, 1.165) is 6.07 Å². The average Bonchev–Trinajstić information content (AvgIpc) is 3.32. The largest absolute Gasteiger partial charge is 0.472 e. The Kier molecular flexibility index (Phi) is 5.86. The second kappa shape index (κ2) is 8.21. The lowest BCUT2D eigenvalue weighted by molar-refractivity contribution is -0.146. The molecule has 0 aliphatic heterocycles. The highest BCUT2D eigenvalue weighted by molar-refractivity contribution is 5.85. The van der Waals surface area contributed by atoms with Crippen LogP contribution in [0.15, 0.2) is 41.5 Å². The predicted molar refractivity (Wildman–Crippen MR) is 100 cm³/mol. The molecule has 1 N–H and O–H groups in total. The van der Waals surface area contributed by atoms with Gasteiger partial charge in [-0.25, -0.2) is 9.78 Å². The lowest BCUT2D eigenvalue weighted by atomic mass is 10.0. The van der Waals surface area contributed by atoms with Crippen molar-refractivity contribution in [3.63, 3.8) is 0 Å². The fourth-order valence-electron chi connectivity index (χ4n) is 3.04. The topological polar surface area (TPSA) is 85.8 Å². The minimum atomic E-state index is -4.64. The zero-order valence-corrected chi connectivity index (χ0v) is 16.5. The zero-order valence-electron chi connectivity index (χ0n) is 16.5. The SMILES string of the molecule is COC(=O)C(NC(=O)Cc1cn2cc(-c3ccoc3)cc(C(F)(F)F)c2n1)C(C)C. The molecule has 160 valence electrons.